The van der Waals surface area contributed by atoms with Gasteiger partial charge in [0.05, 0.1) is 6.04 Å². The molecule has 0 aromatic heterocycles. The molecule has 0 spiro atoms. The maximum absolute atomic E-state index is 14.6. The van der Waals surface area contributed by atoms with E-state index >= 15 is 0 Å². The molecule has 2 aromatic rings. The van der Waals surface area contributed by atoms with Gasteiger partial charge in [0.1, 0.15) is 11.4 Å². The van der Waals surface area contributed by atoms with Gasteiger partial charge in [-0.2, -0.15) is 0 Å². The highest BCUT2D eigenvalue weighted by Crippen LogP contribution is 2.31. The number of hydrogen-bond acceptors (Lipinski definition) is 4. The molecule has 2 aromatic carbocycles. The molecular weight excluding hydrogens is 429 g/mol. The Balaban J connectivity index is 1.82. The number of carbonyl (C=O) groups excluding carboxylic acids is 1. The van der Waals surface area contributed by atoms with E-state index in [1.165, 1.54) is 11.1 Å². The van der Waals surface area contributed by atoms with Gasteiger partial charge in [-0.3, -0.25) is 4.90 Å². The molecule has 1 aliphatic rings. The molecule has 1 aliphatic heterocycles. The van der Waals surface area contributed by atoms with E-state index in [4.69, 9.17) is 4.74 Å². The lowest BCUT2D eigenvalue weighted by atomic mass is 10.00. The summed E-state index contributed by atoms with van der Waals surface area (Å²) in [4.78, 5) is 19.1. The molecule has 34 heavy (non-hydrogen) atoms. The Hall–Kier alpha value is -2.60. The zero-order valence-corrected chi connectivity index (χ0v) is 22.0. The number of carbonyl (C=O) groups is 1. The summed E-state index contributed by atoms with van der Waals surface area (Å²) >= 11 is 0. The van der Waals surface area contributed by atoms with Crippen LogP contribution in [0.25, 0.3) is 0 Å². The van der Waals surface area contributed by atoms with Crippen LogP contribution in [0.15, 0.2) is 36.4 Å². The fourth-order valence-corrected chi connectivity index (χ4v) is 4.67. The molecule has 186 valence electrons. The van der Waals surface area contributed by atoms with Crippen LogP contribution in [0.4, 0.5) is 14.9 Å². The summed E-state index contributed by atoms with van der Waals surface area (Å²) in [5.41, 5.74) is 4.65. The van der Waals surface area contributed by atoms with Crippen LogP contribution in [0.2, 0.25) is 0 Å². The number of rotatable bonds is 5. The number of hydrogen-bond donors (Lipinski definition) is 0. The lowest BCUT2D eigenvalue weighted by Gasteiger charge is -2.43. The van der Waals surface area contributed by atoms with E-state index in [2.05, 4.69) is 55.8 Å². The van der Waals surface area contributed by atoms with Crippen molar-refractivity contribution in [1.29, 1.82) is 0 Å². The summed E-state index contributed by atoms with van der Waals surface area (Å²) in [5.74, 6) is -0.181. The number of anilines is 1. The molecule has 3 rings (SSSR count). The first-order valence-electron chi connectivity index (χ1n) is 12.1. The minimum atomic E-state index is -0.511. The number of halogens is 1. The minimum Gasteiger partial charge on any atom is -0.444 e. The Kier molecular flexibility index (Phi) is 7.91. The van der Waals surface area contributed by atoms with Gasteiger partial charge in [0.15, 0.2) is 0 Å². The molecule has 1 heterocycles. The van der Waals surface area contributed by atoms with Gasteiger partial charge in [-0.05, 0) is 77.3 Å². The molecule has 6 heteroatoms. The fraction of sp³-hybridized carbons (Fsp3) is 0.536. The van der Waals surface area contributed by atoms with Crippen LogP contribution in [0.3, 0.4) is 0 Å². The quantitative estimate of drug-likeness (QED) is 0.549. The predicted octanol–water partition coefficient (Wildman–Crippen LogP) is 5.87. The first-order valence-corrected chi connectivity index (χ1v) is 12.1. The first kappa shape index (κ1) is 26.0. The van der Waals surface area contributed by atoms with E-state index in [0.717, 1.165) is 30.9 Å². The zero-order valence-electron chi connectivity index (χ0n) is 22.0. The molecule has 0 radical (unpaired) electrons. The largest absolute Gasteiger partial charge is 0.444 e. The molecule has 0 bridgehead atoms. The topological polar surface area (TPSA) is 36.0 Å². The summed E-state index contributed by atoms with van der Waals surface area (Å²) in [7, 11) is 2.08. The van der Waals surface area contributed by atoms with Crippen LogP contribution < -0.4 is 4.90 Å². The number of nitrogens with zero attached hydrogens (tertiary/aromatic N) is 3. The Labute approximate surface area is 204 Å². The van der Waals surface area contributed by atoms with Gasteiger partial charge >= 0.3 is 6.09 Å². The van der Waals surface area contributed by atoms with Crippen LogP contribution >= 0.6 is 0 Å². The van der Waals surface area contributed by atoms with Gasteiger partial charge in [0.2, 0.25) is 0 Å². The van der Waals surface area contributed by atoms with Crippen molar-refractivity contribution < 1.29 is 13.9 Å². The van der Waals surface area contributed by atoms with Crippen LogP contribution in [-0.2, 0) is 4.74 Å². The lowest BCUT2D eigenvalue weighted by molar-refractivity contribution is 0.000843. The average Bonchev–Trinajstić information content (AvgIpc) is 2.72. The van der Waals surface area contributed by atoms with Gasteiger partial charge in [-0.25, -0.2) is 9.18 Å². The smallest absolute Gasteiger partial charge is 0.410 e. The molecule has 1 amide bonds. The Morgan fingerprint density at radius 1 is 1.12 bits per heavy atom. The number of amides is 1. The van der Waals surface area contributed by atoms with Gasteiger partial charge in [-0.15, -0.1) is 0 Å². The van der Waals surface area contributed by atoms with E-state index in [1.807, 2.05) is 37.8 Å². The summed E-state index contributed by atoms with van der Waals surface area (Å²) in [6, 6.07) is 12.0. The summed E-state index contributed by atoms with van der Waals surface area (Å²) in [6.07, 6.45) is -0.260. The van der Waals surface area contributed by atoms with E-state index in [-0.39, 0.29) is 24.0 Å². The van der Waals surface area contributed by atoms with Crippen LogP contribution in [0.1, 0.15) is 56.0 Å². The third kappa shape index (κ3) is 6.29. The fourth-order valence-electron chi connectivity index (χ4n) is 4.67. The van der Waals surface area contributed by atoms with Crippen molar-refractivity contribution >= 4 is 11.8 Å². The molecule has 1 unspecified atom stereocenters. The minimum absolute atomic E-state index is 0.0308. The highest BCUT2D eigenvalue weighted by molar-refractivity contribution is 5.68. The Morgan fingerprint density at radius 2 is 1.82 bits per heavy atom. The number of benzene rings is 2. The third-order valence-corrected chi connectivity index (χ3v) is 6.55. The predicted molar refractivity (Wildman–Crippen MR) is 137 cm³/mol. The monoisotopic (exact) mass is 469 g/mol. The highest BCUT2D eigenvalue weighted by Gasteiger charge is 2.32. The second kappa shape index (κ2) is 10.3. The van der Waals surface area contributed by atoms with Crippen molar-refractivity contribution in [3.8, 4) is 0 Å². The second-order valence-electron chi connectivity index (χ2n) is 10.7. The van der Waals surface area contributed by atoms with Crippen LogP contribution in [0, 0.1) is 26.6 Å². The number of piperazine rings is 1. The van der Waals surface area contributed by atoms with Crippen molar-refractivity contribution in [3.05, 3.63) is 64.5 Å². The van der Waals surface area contributed by atoms with E-state index in [9.17, 15) is 9.18 Å². The first-order chi connectivity index (χ1) is 15.9. The second-order valence-corrected chi connectivity index (χ2v) is 10.7. The zero-order chi connectivity index (χ0) is 25.2. The number of likely N-dealkylation sites (N-methyl/N-ethyl adjacent to an activating group) is 1. The molecule has 0 N–H and O–H groups in total. The lowest BCUT2D eigenvalue weighted by Crippen LogP contribution is -2.56. The summed E-state index contributed by atoms with van der Waals surface area (Å²) < 4.78 is 20.2. The van der Waals surface area contributed by atoms with Gasteiger partial charge < -0.3 is 14.5 Å². The van der Waals surface area contributed by atoms with Crippen molar-refractivity contribution in [2.24, 2.45) is 0 Å². The molecule has 0 saturated carbocycles. The molecule has 5 nitrogen and oxygen atoms in total. The van der Waals surface area contributed by atoms with Crippen molar-refractivity contribution in [2.75, 3.05) is 38.1 Å². The van der Waals surface area contributed by atoms with Crippen LogP contribution in [0.5, 0.6) is 0 Å². The molecular formula is C28H40FN3O2. The van der Waals surface area contributed by atoms with E-state index < -0.39 is 5.60 Å². The van der Waals surface area contributed by atoms with E-state index in [0.29, 0.717) is 12.1 Å². The van der Waals surface area contributed by atoms with Crippen molar-refractivity contribution in [2.45, 2.75) is 66.2 Å². The summed E-state index contributed by atoms with van der Waals surface area (Å²) in [6.45, 7) is 16.6. The normalized spacial score (nSPS) is 18.0. The third-order valence-electron chi connectivity index (χ3n) is 6.55. The van der Waals surface area contributed by atoms with Gasteiger partial charge in [0.25, 0.3) is 0 Å². The maximum atomic E-state index is 14.6. The number of aryl methyl sites for hydroxylation is 3. The molecule has 0 aliphatic carbocycles. The maximum Gasteiger partial charge on any atom is 0.410 e. The SMILES string of the molecule is Cc1ccc(N(C)C(CN2CCN(C(=O)OC(C)(C)C)[C@H](C)C2)c2ccc(C)c(F)c2)c(C)c1. The molecule has 1 saturated heterocycles. The van der Waals surface area contributed by atoms with E-state index in [1.54, 1.807) is 13.0 Å². The number of ether oxygens (including phenoxy) is 1. The van der Waals surface area contributed by atoms with Gasteiger partial charge in [-0.1, -0.05) is 29.8 Å². The van der Waals surface area contributed by atoms with Gasteiger partial charge in [0, 0.05) is 45.0 Å². The standard InChI is InChI=1S/C28H40FN3O2/c1-19-9-12-25(21(3)15-19)30(8)26(23-11-10-20(2)24(29)16-23)18-31-13-14-32(22(4)17-31)27(33)34-28(5,6)7/h9-12,15-16,22,26H,13-14,17-18H2,1-8H3/t22-,26?/m1/s1. The Morgan fingerprint density at radius 3 is 2.41 bits per heavy atom. The summed E-state index contributed by atoms with van der Waals surface area (Å²) in [5, 5.41) is 0. The van der Waals surface area contributed by atoms with Crippen molar-refractivity contribution in [3.63, 3.8) is 0 Å². The average molecular weight is 470 g/mol. The highest BCUT2D eigenvalue weighted by atomic mass is 19.1. The van der Waals surface area contributed by atoms with Crippen molar-refractivity contribution in [1.82, 2.24) is 9.80 Å². The Bertz CT molecular complexity index is 1020. The van der Waals surface area contributed by atoms with Crippen LogP contribution in [-0.4, -0.2) is 60.8 Å². The molecule has 1 fully saturated rings. The molecule has 2 atom stereocenters.